The van der Waals surface area contributed by atoms with Gasteiger partial charge >= 0.3 is 6.03 Å². The smallest absolute Gasteiger partial charge is 0.334 e. The van der Waals surface area contributed by atoms with E-state index in [0.717, 1.165) is 12.8 Å². The molecule has 0 saturated carbocycles. The molecule has 0 bridgehead atoms. The Balaban J connectivity index is 3.86. The third-order valence-electron chi connectivity index (χ3n) is 1.45. The van der Waals surface area contributed by atoms with Crippen LogP contribution in [0.25, 0.3) is 0 Å². The number of carbonyl (C=O) groups excluding carboxylic acids is 1. The predicted molar refractivity (Wildman–Crippen MR) is 59.7 cm³/mol. The van der Waals surface area contributed by atoms with Crippen molar-refractivity contribution in [2.45, 2.75) is 32.7 Å². The maximum atomic E-state index is 11.1. The van der Waals surface area contributed by atoms with Crippen molar-refractivity contribution >= 4 is 33.9 Å². The van der Waals surface area contributed by atoms with Crippen LogP contribution in [-0.4, -0.2) is 22.8 Å². The quantitative estimate of drug-likeness (QED) is 0.590. The lowest BCUT2D eigenvalue weighted by molar-refractivity contribution is 0.246. The summed E-state index contributed by atoms with van der Waals surface area (Å²) < 4.78 is 0.265. The van der Waals surface area contributed by atoms with E-state index in [9.17, 15) is 4.79 Å². The van der Waals surface area contributed by atoms with E-state index in [-0.39, 0.29) is 16.6 Å². The molecule has 76 valence electrons. The lowest BCUT2D eigenvalue weighted by Gasteiger charge is -2.09. The second kappa shape index (κ2) is 7.21. The third-order valence-corrected chi connectivity index (χ3v) is 2.43. The fourth-order valence-electron chi connectivity index (χ4n) is 0.874. The molecule has 0 aromatic rings. The highest BCUT2D eigenvalue weighted by molar-refractivity contribution is 8.16. The van der Waals surface area contributed by atoms with Gasteiger partial charge in [-0.25, -0.2) is 4.79 Å². The highest BCUT2D eigenvalue weighted by Crippen LogP contribution is 2.03. The standard InChI is InChI=1S/C8H15ClN2OS/c1-4-5-6(2)10-8(12)11-7(9)13-3/h6H,4-5H2,1-3H3,(H,10,12)/b11-7+. The van der Waals surface area contributed by atoms with E-state index in [1.807, 2.05) is 6.92 Å². The molecule has 0 spiro atoms. The normalized spacial score (nSPS) is 14.0. The van der Waals surface area contributed by atoms with Crippen LogP contribution in [0.2, 0.25) is 0 Å². The van der Waals surface area contributed by atoms with Gasteiger partial charge in [-0.15, -0.1) is 0 Å². The van der Waals surface area contributed by atoms with E-state index in [1.165, 1.54) is 11.8 Å². The van der Waals surface area contributed by atoms with Crippen molar-refractivity contribution in [2.75, 3.05) is 6.26 Å². The molecule has 0 rings (SSSR count). The number of amides is 2. The Labute approximate surface area is 88.3 Å². The second-order valence-electron chi connectivity index (χ2n) is 2.71. The Morgan fingerprint density at radius 3 is 2.77 bits per heavy atom. The van der Waals surface area contributed by atoms with E-state index in [4.69, 9.17) is 11.6 Å². The van der Waals surface area contributed by atoms with Crippen LogP contribution in [0.3, 0.4) is 0 Å². The molecule has 2 amide bonds. The molecule has 5 heteroatoms. The molecule has 13 heavy (non-hydrogen) atoms. The number of urea groups is 1. The van der Waals surface area contributed by atoms with E-state index in [0.29, 0.717) is 0 Å². The van der Waals surface area contributed by atoms with Crippen LogP contribution in [0.1, 0.15) is 26.7 Å². The lowest BCUT2D eigenvalue weighted by Crippen LogP contribution is -2.30. The van der Waals surface area contributed by atoms with Crippen LogP contribution in [0, 0.1) is 0 Å². The minimum atomic E-state index is -0.361. The summed E-state index contributed by atoms with van der Waals surface area (Å²) in [4.78, 5) is 14.7. The van der Waals surface area contributed by atoms with Crippen LogP contribution in [0.5, 0.6) is 0 Å². The van der Waals surface area contributed by atoms with Gasteiger partial charge in [0.15, 0.2) is 4.50 Å². The molecule has 0 aromatic heterocycles. The lowest BCUT2D eigenvalue weighted by atomic mass is 10.2. The van der Waals surface area contributed by atoms with Gasteiger partial charge in [-0.1, -0.05) is 36.7 Å². The number of nitrogens with one attached hydrogen (secondary N) is 1. The summed E-state index contributed by atoms with van der Waals surface area (Å²) in [6.45, 7) is 4.02. The van der Waals surface area contributed by atoms with Crippen LogP contribution in [0.15, 0.2) is 4.99 Å². The van der Waals surface area contributed by atoms with Crippen molar-refractivity contribution in [1.29, 1.82) is 0 Å². The second-order valence-corrected chi connectivity index (χ2v) is 4.09. The van der Waals surface area contributed by atoms with Gasteiger partial charge in [0.25, 0.3) is 0 Å². The van der Waals surface area contributed by atoms with E-state index in [2.05, 4.69) is 17.2 Å². The highest BCUT2D eigenvalue weighted by Gasteiger charge is 2.05. The van der Waals surface area contributed by atoms with Gasteiger partial charge in [0, 0.05) is 6.04 Å². The first-order valence-electron chi connectivity index (χ1n) is 4.18. The Morgan fingerprint density at radius 1 is 1.69 bits per heavy atom. The Bertz CT molecular complexity index is 197. The van der Waals surface area contributed by atoms with Gasteiger partial charge in [-0.2, -0.15) is 4.99 Å². The highest BCUT2D eigenvalue weighted by atomic mass is 35.5. The number of thioether (sulfide) groups is 1. The van der Waals surface area contributed by atoms with Crippen molar-refractivity contribution in [3.05, 3.63) is 0 Å². The minimum absolute atomic E-state index is 0.160. The number of hydrogen-bond donors (Lipinski definition) is 1. The summed E-state index contributed by atoms with van der Waals surface area (Å²) in [5.41, 5.74) is 0. The molecule has 1 unspecified atom stereocenters. The van der Waals surface area contributed by atoms with Gasteiger partial charge in [0.05, 0.1) is 0 Å². The number of carbonyl (C=O) groups is 1. The van der Waals surface area contributed by atoms with Crippen LogP contribution in [0.4, 0.5) is 4.79 Å². The van der Waals surface area contributed by atoms with E-state index >= 15 is 0 Å². The summed E-state index contributed by atoms with van der Waals surface area (Å²) >= 11 is 6.82. The number of rotatable bonds is 3. The van der Waals surface area contributed by atoms with Crippen molar-refractivity contribution in [1.82, 2.24) is 5.32 Å². The SMILES string of the molecule is CCCC(C)NC(=O)/N=C(\Cl)SC. The van der Waals surface area contributed by atoms with Crippen molar-refractivity contribution in [3.63, 3.8) is 0 Å². The third kappa shape index (κ3) is 6.90. The molecular formula is C8H15ClN2OS. The molecule has 0 fully saturated rings. The van der Waals surface area contributed by atoms with Crippen molar-refractivity contribution in [2.24, 2.45) is 4.99 Å². The number of aliphatic imine (C=N–C) groups is 1. The van der Waals surface area contributed by atoms with Crippen LogP contribution >= 0.6 is 23.4 Å². The fourth-order valence-corrected chi connectivity index (χ4v) is 1.12. The molecule has 0 saturated heterocycles. The molecule has 0 aliphatic rings. The van der Waals surface area contributed by atoms with Gasteiger partial charge in [0.2, 0.25) is 0 Å². The minimum Gasteiger partial charge on any atom is -0.334 e. The van der Waals surface area contributed by atoms with Gasteiger partial charge in [-0.3, -0.25) is 0 Å². The zero-order valence-corrected chi connectivity index (χ0v) is 9.71. The predicted octanol–water partition coefficient (Wildman–Crippen LogP) is 2.84. The summed E-state index contributed by atoms with van der Waals surface area (Å²) in [6, 6.07) is -0.201. The Morgan fingerprint density at radius 2 is 2.31 bits per heavy atom. The van der Waals surface area contributed by atoms with E-state index in [1.54, 1.807) is 6.26 Å². The first-order chi connectivity index (χ1) is 6.10. The summed E-state index contributed by atoms with van der Waals surface area (Å²) in [6.07, 6.45) is 3.77. The summed E-state index contributed by atoms with van der Waals surface area (Å²) in [5, 5.41) is 2.72. The topological polar surface area (TPSA) is 41.5 Å². The summed E-state index contributed by atoms with van der Waals surface area (Å²) in [5.74, 6) is 0. The summed E-state index contributed by atoms with van der Waals surface area (Å²) in [7, 11) is 0. The number of hydrogen-bond acceptors (Lipinski definition) is 2. The Hall–Kier alpha value is -0.220. The average Bonchev–Trinajstić information content (AvgIpc) is 2.04. The molecule has 3 nitrogen and oxygen atoms in total. The largest absolute Gasteiger partial charge is 0.343 e. The maximum absolute atomic E-state index is 11.1. The van der Waals surface area contributed by atoms with Crippen LogP contribution in [-0.2, 0) is 0 Å². The van der Waals surface area contributed by atoms with Crippen molar-refractivity contribution < 1.29 is 4.79 Å². The molecule has 1 N–H and O–H groups in total. The molecule has 0 radical (unpaired) electrons. The van der Waals surface area contributed by atoms with E-state index < -0.39 is 0 Å². The van der Waals surface area contributed by atoms with Gasteiger partial charge < -0.3 is 5.32 Å². The zero-order chi connectivity index (χ0) is 10.3. The number of halogens is 1. The molecular weight excluding hydrogens is 208 g/mol. The fraction of sp³-hybridized carbons (Fsp3) is 0.750. The van der Waals surface area contributed by atoms with Gasteiger partial charge in [0.1, 0.15) is 0 Å². The van der Waals surface area contributed by atoms with Gasteiger partial charge in [-0.05, 0) is 19.6 Å². The van der Waals surface area contributed by atoms with Crippen LogP contribution < -0.4 is 5.32 Å². The molecule has 1 atom stereocenters. The molecule has 0 heterocycles. The molecule has 0 aliphatic heterocycles. The first kappa shape index (κ1) is 12.8. The first-order valence-corrected chi connectivity index (χ1v) is 5.79. The zero-order valence-electron chi connectivity index (χ0n) is 8.13. The number of nitrogens with zero attached hydrogens (tertiary/aromatic N) is 1. The molecule has 0 aromatic carbocycles. The van der Waals surface area contributed by atoms with Crippen molar-refractivity contribution in [3.8, 4) is 0 Å². The maximum Gasteiger partial charge on any atom is 0.343 e. The Kier molecular flexibility index (Phi) is 7.09. The molecule has 0 aliphatic carbocycles. The average molecular weight is 223 g/mol. The monoisotopic (exact) mass is 222 g/mol.